The Morgan fingerprint density at radius 2 is 2.14 bits per heavy atom. The molecule has 1 aliphatic carbocycles. The summed E-state index contributed by atoms with van der Waals surface area (Å²) in [5.74, 6) is -0.747. The number of halogens is 1. The molecule has 0 spiro atoms. The summed E-state index contributed by atoms with van der Waals surface area (Å²) in [6, 6.07) is 4.68. The van der Waals surface area contributed by atoms with Gasteiger partial charge in [-0.3, -0.25) is 0 Å². The Morgan fingerprint density at radius 3 is 2.76 bits per heavy atom. The van der Waals surface area contributed by atoms with Gasteiger partial charge in [0.05, 0.1) is 6.10 Å². The normalized spacial score (nSPS) is 16.9. The van der Waals surface area contributed by atoms with Gasteiger partial charge in [0.25, 0.3) is 0 Å². The van der Waals surface area contributed by atoms with E-state index in [1.54, 1.807) is 13.0 Å². The first-order valence-corrected chi connectivity index (χ1v) is 8.45. The van der Waals surface area contributed by atoms with Crippen molar-refractivity contribution in [2.24, 2.45) is 0 Å². The van der Waals surface area contributed by atoms with Crippen LogP contribution in [0.1, 0.15) is 25.3 Å². The monoisotopic (exact) mass is 316 g/mol. The summed E-state index contributed by atoms with van der Waals surface area (Å²) in [6.07, 6.45) is 2.01. The highest BCUT2D eigenvalue weighted by Crippen LogP contribution is 2.21. The van der Waals surface area contributed by atoms with Gasteiger partial charge in [0.15, 0.2) is 0 Å². The van der Waals surface area contributed by atoms with E-state index in [1.165, 1.54) is 19.2 Å². The molecular weight excluding hydrogens is 295 g/mol. The Bertz CT molecular complexity index is 588. The summed E-state index contributed by atoms with van der Waals surface area (Å²) in [5, 5.41) is 3.27. The fourth-order valence-corrected chi connectivity index (χ4v) is 3.04. The third kappa shape index (κ3) is 4.74. The number of sulfonamides is 1. The van der Waals surface area contributed by atoms with Gasteiger partial charge in [0.2, 0.25) is 10.0 Å². The molecule has 0 heterocycles. The van der Waals surface area contributed by atoms with E-state index in [0.717, 1.165) is 18.4 Å². The third-order valence-electron chi connectivity index (χ3n) is 3.42. The second-order valence-corrected chi connectivity index (χ2v) is 7.05. The number of methoxy groups -OCH3 is 1. The van der Waals surface area contributed by atoms with Crippen LogP contribution in [0.15, 0.2) is 23.1 Å². The van der Waals surface area contributed by atoms with Crippen LogP contribution in [0.4, 0.5) is 4.39 Å². The van der Waals surface area contributed by atoms with E-state index in [9.17, 15) is 12.8 Å². The minimum Gasteiger partial charge on any atom is -0.380 e. The molecule has 1 aromatic carbocycles. The average Bonchev–Trinajstić information content (AvgIpc) is 3.28. The first-order valence-electron chi connectivity index (χ1n) is 6.96. The van der Waals surface area contributed by atoms with E-state index in [0.29, 0.717) is 12.6 Å². The molecule has 0 aliphatic heterocycles. The standard InChI is InChI=1S/C14H21FN2O3S/c1-10(20-2)8-17-21(18,19)14-7-11(3-6-13(14)15)9-16-12-4-5-12/h3,6-7,10,12,16-17H,4-5,8-9H2,1-2H3. The maximum Gasteiger partial charge on any atom is 0.243 e. The molecule has 0 bridgehead atoms. The zero-order valence-electron chi connectivity index (χ0n) is 12.2. The maximum absolute atomic E-state index is 13.8. The van der Waals surface area contributed by atoms with Crippen molar-refractivity contribution in [1.82, 2.24) is 10.0 Å². The number of hydrogen-bond donors (Lipinski definition) is 2. The second kappa shape index (κ2) is 6.83. The van der Waals surface area contributed by atoms with E-state index in [-0.39, 0.29) is 17.5 Å². The Hall–Kier alpha value is -1.02. The number of nitrogens with one attached hydrogen (secondary N) is 2. The molecule has 0 radical (unpaired) electrons. The molecule has 1 atom stereocenters. The fraction of sp³-hybridized carbons (Fsp3) is 0.571. The van der Waals surface area contributed by atoms with Crippen molar-refractivity contribution in [2.45, 2.75) is 43.4 Å². The van der Waals surface area contributed by atoms with Crippen molar-refractivity contribution in [3.05, 3.63) is 29.6 Å². The number of hydrogen-bond acceptors (Lipinski definition) is 4. The Balaban J connectivity index is 2.10. The van der Waals surface area contributed by atoms with Crippen LogP contribution in [-0.4, -0.2) is 34.2 Å². The summed E-state index contributed by atoms with van der Waals surface area (Å²) >= 11 is 0. The summed E-state index contributed by atoms with van der Waals surface area (Å²) in [5.41, 5.74) is 0.753. The topological polar surface area (TPSA) is 67.4 Å². The molecule has 0 saturated heterocycles. The average molecular weight is 316 g/mol. The van der Waals surface area contributed by atoms with Crippen molar-refractivity contribution < 1.29 is 17.5 Å². The molecule has 118 valence electrons. The lowest BCUT2D eigenvalue weighted by Gasteiger charge is -2.13. The highest BCUT2D eigenvalue weighted by Gasteiger charge is 2.22. The van der Waals surface area contributed by atoms with Gasteiger partial charge < -0.3 is 10.1 Å². The first-order chi connectivity index (χ1) is 9.92. The minimum atomic E-state index is -3.87. The Kier molecular flexibility index (Phi) is 5.32. The lowest BCUT2D eigenvalue weighted by atomic mass is 10.2. The molecule has 7 heteroatoms. The summed E-state index contributed by atoms with van der Waals surface area (Å²) < 4.78 is 45.4. The van der Waals surface area contributed by atoms with Gasteiger partial charge in [-0.1, -0.05) is 6.07 Å². The smallest absolute Gasteiger partial charge is 0.243 e. The highest BCUT2D eigenvalue weighted by molar-refractivity contribution is 7.89. The number of benzene rings is 1. The van der Waals surface area contributed by atoms with Gasteiger partial charge in [-0.25, -0.2) is 17.5 Å². The Morgan fingerprint density at radius 1 is 1.43 bits per heavy atom. The number of ether oxygens (including phenoxy) is 1. The Labute approximate surface area is 124 Å². The zero-order valence-corrected chi connectivity index (χ0v) is 13.0. The van der Waals surface area contributed by atoms with Gasteiger partial charge in [-0.15, -0.1) is 0 Å². The fourth-order valence-electron chi connectivity index (χ4n) is 1.80. The van der Waals surface area contributed by atoms with Gasteiger partial charge in [-0.05, 0) is 37.5 Å². The molecule has 1 fully saturated rings. The van der Waals surface area contributed by atoms with Crippen LogP contribution in [0.3, 0.4) is 0 Å². The molecule has 21 heavy (non-hydrogen) atoms. The molecule has 1 unspecified atom stereocenters. The predicted molar refractivity (Wildman–Crippen MR) is 77.9 cm³/mol. The first kappa shape index (κ1) is 16.4. The third-order valence-corrected chi connectivity index (χ3v) is 4.86. The van der Waals surface area contributed by atoms with Gasteiger partial charge in [0, 0.05) is 26.2 Å². The summed E-state index contributed by atoms with van der Waals surface area (Å²) in [4.78, 5) is -0.319. The molecule has 2 N–H and O–H groups in total. The molecular formula is C14H21FN2O3S. The van der Waals surface area contributed by atoms with E-state index in [4.69, 9.17) is 4.74 Å². The van der Waals surface area contributed by atoms with Crippen molar-refractivity contribution >= 4 is 10.0 Å². The molecule has 2 rings (SSSR count). The van der Waals surface area contributed by atoms with Crippen molar-refractivity contribution in [3.8, 4) is 0 Å². The van der Waals surface area contributed by atoms with Crippen LogP contribution in [0, 0.1) is 5.82 Å². The van der Waals surface area contributed by atoms with Crippen LogP contribution < -0.4 is 10.0 Å². The zero-order chi connectivity index (χ0) is 15.5. The van der Waals surface area contributed by atoms with Crippen LogP contribution >= 0.6 is 0 Å². The van der Waals surface area contributed by atoms with Crippen molar-refractivity contribution in [2.75, 3.05) is 13.7 Å². The molecule has 5 nitrogen and oxygen atoms in total. The summed E-state index contributed by atoms with van der Waals surface area (Å²) in [7, 11) is -2.38. The van der Waals surface area contributed by atoms with Gasteiger partial charge in [-0.2, -0.15) is 0 Å². The van der Waals surface area contributed by atoms with Gasteiger partial charge in [0.1, 0.15) is 10.7 Å². The lowest BCUT2D eigenvalue weighted by Crippen LogP contribution is -2.32. The van der Waals surface area contributed by atoms with Crippen molar-refractivity contribution in [1.29, 1.82) is 0 Å². The minimum absolute atomic E-state index is 0.100. The second-order valence-electron chi connectivity index (χ2n) is 5.32. The van der Waals surface area contributed by atoms with Crippen LogP contribution in [0.5, 0.6) is 0 Å². The predicted octanol–water partition coefficient (Wildman–Crippen LogP) is 1.39. The molecule has 1 aliphatic rings. The van der Waals surface area contributed by atoms with E-state index >= 15 is 0 Å². The lowest BCUT2D eigenvalue weighted by molar-refractivity contribution is 0.122. The quantitative estimate of drug-likeness (QED) is 0.760. The van der Waals surface area contributed by atoms with Crippen LogP contribution in [0.2, 0.25) is 0 Å². The largest absolute Gasteiger partial charge is 0.380 e. The van der Waals surface area contributed by atoms with Crippen LogP contribution in [-0.2, 0) is 21.3 Å². The van der Waals surface area contributed by atoms with E-state index in [1.807, 2.05) is 0 Å². The molecule has 1 aromatic rings. The van der Waals surface area contributed by atoms with E-state index < -0.39 is 15.8 Å². The van der Waals surface area contributed by atoms with Crippen molar-refractivity contribution in [3.63, 3.8) is 0 Å². The highest BCUT2D eigenvalue weighted by atomic mass is 32.2. The van der Waals surface area contributed by atoms with Crippen LogP contribution in [0.25, 0.3) is 0 Å². The number of rotatable bonds is 8. The SMILES string of the molecule is COC(C)CNS(=O)(=O)c1cc(CNC2CC2)ccc1F. The maximum atomic E-state index is 13.8. The van der Waals surface area contributed by atoms with Gasteiger partial charge >= 0.3 is 0 Å². The molecule has 0 amide bonds. The van der Waals surface area contributed by atoms with E-state index in [2.05, 4.69) is 10.0 Å². The summed E-state index contributed by atoms with van der Waals surface area (Å²) in [6.45, 7) is 2.37. The molecule has 1 saturated carbocycles. The molecule has 0 aromatic heterocycles.